The van der Waals surface area contributed by atoms with Crippen LogP contribution in [0.25, 0.3) is 45.1 Å². The number of benzene rings is 4. The van der Waals surface area contributed by atoms with Crippen molar-refractivity contribution in [3.8, 4) is 28.5 Å². The zero-order valence-electron chi connectivity index (χ0n) is 23.7. The van der Waals surface area contributed by atoms with Crippen molar-refractivity contribution in [3.05, 3.63) is 145 Å². The predicted octanol–water partition coefficient (Wildman–Crippen LogP) is 8.80. The van der Waals surface area contributed by atoms with E-state index in [0.29, 0.717) is 17.6 Å². The molecule has 2 heterocycles. The molecule has 0 N–H and O–H groups in total. The van der Waals surface area contributed by atoms with Gasteiger partial charge in [0.1, 0.15) is 11.6 Å². The zero-order valence-corrected chi connectivity index (χ0v) is 23.7. The van der Waals surface area contributed by atoms with Crippen LogP contribution in [0.1, 0.15) is 49.3 Å². The average molecular weight is 546 g/mol. The summed E-state index contributed by atoms with van der Waals surface area (Å²) in [6.45, 7) is 4.44. The quantitative estimate of drug-likeness (QED) is 0.210. The minimum atomic E-state index is -0.0894. The van der Waals surface area contributed by atoms with E-state index in [9.17, 15) is 0 Å². The highest BCUT2D eigenvalue weighted by molar-refractivity contribution is 5.84. The molecule has 0 aliphatic heterocycles. The summed E-state index contributed by atoms with van der Waals surface area (Å²) in [6, 6.07) is 37.4. The van der Waals surface area contributed by atoms with Crippen molar-refractivity contribution in [1.82, 2.24) is 24.5 Å². The van der Waals surface area contributed by atoms with Crippen LogP contribution in [0, 0.1) is 0 Å². The molecular formula is C37H31N5. The van der Waals surface area contributed by atoms with Gasteiger partial charge in [-0.2, -0.15) is 0 Å². The summed E-state index contributed by atoms with van der Waals surface area (Å²) in [6.07, 6.45) is 7.25. The number of allylic oxidation sites excluding steroid dienone is 4. The van der Waals surface area contributed by atoms with Gasteiger partial charge in [0.25, 0.3) is 0 Å². The molecular weight excluding hydrogens is 514 g/mol. The first-order chi connectivity index (χ1) is 20.7. The van der Waals surface area contributed by atoms with Crippen molar-refractivity contribution in [2.24, 2.45) is 0 Å². The third-order valence-corrected chi connectivity index (χ3v) is 7.82. The van der Waals surface area contributed by atoms with E-state index in [2.05, 4.69) is 79.1 Å². The minimum absolute atomic E-state index is 0.0894. The van der Waals surface area contributed by atoms with Crippen LogP contribution in [-0.4, -0.2) is 24.5 Å². The van der Waals surface area contributed by atoms with E-state index >= 15 is 0 Å². The van der Waals surface area contributed by atoms with Crippen molar-refractivity contribution in [3.63, 3.8) is 0 Å². The molecule has 0 fully saturated rings. The summed E-state index contributed by atoms with van der Waals surface area (Å²) < 4.78 is 2.27. The maximum absolute atomic E-state index is 5.20. The molecule has 4 aromatic carbocycles. The molecule has 42 heavy (non-hydrogen) atoms. The second-order valence-electron chi connectivity index (χ2n) is 10.9. The lowest BCUT2D eigenvalue weighted by molar-refractivity contribution is 0.769. The van der Waals surface area contributed by atoms with E-state index in [1.165, 1.54) is 5.56 Å². The van der Waals surface area contributed by atoms with Crippen LogP contribution in [-0.2, 0) is 0 Å². The summed E-state index contributed by atoms with van der Waals surface area (Å²) in [5, 5.41) is 0. The van der Waals surface area contributed by atoms with Crippen molar-refractivity contribution in [2.45, 2.75) is 32.1 Å². The molecule has 1 atom stereocenters. The Hall–Kier alpha value is -5.16. The lowest BCUT2D eigenvalue weighted by Crippen LogP contribution is -2.14. The monoisotopic (exact) mass is 545 g/mol. The van der Waals surface area contributed by atoms with E-state index in [1.807, 2.05) is 66.7 Å². The van der Waals surface area contributed by atoms with Gasteiger partial charge in [0.2, 0.25) is 0 Å². The molecule has 204 valence electrons. The molecule has 7 rings (SSSR count). The van der Waals surface area contributed by atoms with Gasteiger partial charge in [-0.1, -0.05) is 117 Å². The van der Waals surface area contributed by atoms with Gasteiger partial charge in [0.15, 0.2) is 11.6 Å². The Morgan fingerprint density at radius 1 is 0.667 bits per heavy atom. The molecule has 2 aromatic heterocycles. The van der Waals surface area contributed by atoms with Crippen molar-refractivity contribution < 1.29 is 0 Å². The highest BCUT2D eigenvalue weighted by atomic mass is 15.1. The number of hydrogen-bond acceptors (Lipinski definition) is 4. The second kappa shape index (κ2) is 11.0. The van der Waals surface area contributed by atoms with Crippen LogP contribution < -0.4 is 0 Å². The van der Waals surface area contributed by atoms with Gasteiger partial charge in [0, 0.05) is 22.4 Å². The third-order valence-electron chi connectivity index (χ3n) is 7.82. The molecule has 5 nitrogen and oxygen atoms in total. The maximum Gasteiger partial charge on any atom is 0.163 e. The molecule has 0 saturated heterocycles. The summed E-state index contributed by atoms with van der Waals surface area (Å²) in [7, 11) is 0. The number of aromatic nitrogens is 5. The maximum atomic E-state index is 5.20. The van der Waals surface area contributed by atoms with E-state index in [-0.39, 0.29) is 5.92 Å². The molecule has 0 spiro atoms. The summed E-state index contributed by atoms with van der Waals surface area (Å²) in [5.41, 5.74) is 7.45. The fourth-order valence-electron chi connectivity index (χ4n) is 5.57. The van der Waals surface area contributed by atoms with Crippen LogP contribution in [0.15, 0.2) is 127 Å². The molecule has 0 radical (unpaired) electrons. The summed E-state index contributed by atoms with van der Waals surface area (Å²) in [4.78, 5) is 20.3. The second-order valence-corrected chi connectivity index (χ2v) is 10.9. The average Bonchev–Trinajstić information content (AvgIpc) is 3.45. The Morgan fingerprint density at radius 2 is 1.29 bits per heavy atom. The van der Waals surface area contributed by atoms with Crippen molar-refractivity contribution in [1.29, 1.82) is 0 Å². The van der Waals surface area contributed by atoms with Crippen molar-refractivity contribution in [2.75, 3.05) is 0 Å². The van der Waals surface area contributed by atoms with Gasteiger partial charge in [-0.05, 0) is 42.2 Å². The highest BCUT2D eigenvalue weighted by Gasteiger charge is 2.28. The van der Waals surface area contributed by atoms with Crippen molar-refractivity contribution >= 4 is 16.6 Å². The molecule has 1 unspecified atom stereocenters. The van der Waals surface area contributed by atoms with Gasteiger partial charge in [0.05, 0.1) is 17.0 Å². The number of nitrogens with zero attached hydrogens (tertiary/aromatic N) is 5. The van der Waals surface area contributed by atoms with Crippen LogP contribution in [0.4, 0.5) is 0 Å². The molecule has 0 amide bonds. The van der Waals surface area contributed by atoms with Gasteiger partial charge in [-0.15, -0.1) is 0 Å². The minimum Gasteiger partial charge on any atom is -0.293 e. The topological polar surface area (TPSA) is 56.5 Å². The normalized spacial score (nSPS) is 14.8. The Kier molecular flexibility index (Phi) is 6.76. The Balaban J connectivity index is 1.40. The first kappa shape index (κ1) is 25.8. The smallest absolute Gasteiger partial charge is 0.163 e. The van der Waals surface area contributed by atoms with Gasteiger partial charge >= 0.3 is 0 Å². The number of fused-ring (bicyclic) bond motifs is 1. The molecule has 1 aliphatic rings. The summed E-state index contributed by atoms with van der Waals surface area (Å²) >= 11 is 0. The van der Waals surface area contributed by atoms with Gasteiger partial charge < -0.3 is 0 Å². The molecule has 0 saturated carbocycles. The number of imidazole rings is 1. The first-order valence-corrected chi connectivity index (χ1v) is 14.5. The van der Waals surface area contributed by atoms with E-state index in [4.69, 9.17) is 19.9 Å². The van der Waals surface area contributed by atoms with E-state index < -0.39 is 0 Å². The number of hydrogen-bond donors (Lipinski definition) is 0. The largest absolute Gasteiger partial charge is 0.293 e. The van der Waals surface area contributed by atoms with E-state index in [1.54, 1.807) is 0 Å². The zero-order chi connectivity index (χ0) is 28.5. The lowest BCUT2D eigenvalue weighted by atomic mass is 9.89. The Bertz CT molecular complexity index is 1860. The standard InChI is InChI=1S/C37H31N5/c1-25(2)26-21-23-29(24-22-26)42-33-20-12-11-19-32(33)38-37(42)31-18-10-9-17-30(31)36-40-34(27-13-5-3-6-14-27)39-35(41-36)28-15-7-4-8-16-28/h3-16,18-25,30H,17H2,1-2H3. The molecule has 0 bridgehead atoms. The molecule has 1 aliphatic carbocycles. The SMILES string of the molecule is CC(C)c1ccc(-n2c(C3=CC=CCC3c3nc(-c4ccccc4)nc(-c4ccccc4)n3)nc3ccccc32)cc1. The van der Waals surface area contributed by atoms with Crippen LogP contribution in [0.2, 0.25) is 0 Å². The lowest BCUT2D eigenvalue weighted by Gasteiger charge is -2.22. The van der Waals surface area contributed by atoms with Gasteiger partial charge in [-0.25, -0.2) is 19.9 Å². The number of para-hydroxylation sites is 2. The fraction of sp³-hybridized carbons (Fsp3) is 0.135. The summed E-state index contributed by atoms with van der Waals surface area (Å²) in [5.74, 6) is 3.37. The molecule has 5 heteroatoms. The van der Waals surface area contributed by atoms with Crippen LogP contribution in [0.5, 0.6) is 0 Å². The molecule has 6 aromatic rings. The van der Waals surface area contributed by atoms with E-state index in [0.717, 1.165) is 51.5 Å². The predicted molar refractivity (Wildman–Crippen MR) is 170 cm³/mol. The Labute approximate surface area is 246 Å². The third kappa shape index (κ3) is 4.83. The Morgan fingerprint density at radius 3 is 1.93 bits per heavy atom. The fourth-order valence-corrected chi connectivity index (χ4v) is 5.57. The van der Waals surface area contributed by atoms with Crippen LogP contribution >= 0.6 is 0 Å². The van der Waals surface area contributed by atoms with Gasteiger partial charge in [-0.3, -0.25) is 4.57 Å². The first-order valence-electron chi connectivity index (χ1n) is 14.5. The highest BCUT2D eigenvalue weighted by Crippen LogP contribution is 2.39. The number of rotatable bonds is 6. The van der Waals surface area contributed by atoms with Crippen LogP contribution in [0.3, 0.4) is 0 Å².